The summed E-state index contributed by atoms with van der Waals surface area (Å²) in [5, 5.41) is 57.3. The van der Waals surface area contributed by atoms with E-state index in [1.807, 2.05) is 0 Å². The number of nitrogens with zero attached hydrogens (tertiary/aromatic N) is 11. The number of carboxylic acid groups (broad SMARTS) is 2. The number of esters is 6. The second-order valence-corrected chi connectivity index (χ2v) is 25.2. The number of benzene rings is 2. The summed E-state index contributed by atoms with van der Waals surface area (Å²) in [6.07, 6.45) is 28.6. The van der Waals surface area contributed by atoms with E-state index in [0.29, 0.717) is 5.01 Å². The van der Waals surface area contributed by atoms with Crippen molar-refractivity contribution in [2.45, 2.75) is 251 Å². The predicted molar refractivity (Wildman–Crippen MR) is 372 cm³/mol. The number of unbranched alkanes of at least 4 members (excludes halogenated alkanes) is 16. The molecular formula is C72H104F4N12O18. The Morgan fingerprint density at radius 2 is 0.802 bits per heavy atom. The van der Waals surface area contributed by atoms with E-state index in [4.69, 9.17) is 33.5 Å². The number of aliphatic imine (C=N–C) groups is 1. The minimum atomic E-state index is -1.70. The van der Waals surface area contributed by atoms with Crippen molar-refractivity contribution in [2.75, 3.05) is 33.0 Å². The molecule has 3 aromatic heterocycles. The lowest BCUT2D eigenvalue weighted by molar-refractivity contribution is -0.812. The van der Waals surface area contributed by atoms with Crippen molar-refractivity contribution >= 4 is 60.4 Å². The summed E-state index contributed by atoms with van der Waals surface area (Å²) in [5.41, 5.74) is -3.44. The number of aliphatic carboxylic acids is 2. The smallest absolute Gasteiger partial charge is 0.306 e. The average Bonchev–Trinajstić information content (AvgIpc) is 1.27. The van der Waals surface area contributed by atoms with Crippen LogP contribution >= 0.6 is 0 Å². The zero-order valence-corrected chi connectivity index (χ0v) is 61.1. The van der Waals surface area contributed by atoms with Gasteiger partial charge < -0.3 is 53.6 Å². The fourth-order valence-corrected chi connectivity index (χ4v) is 10.2. The van der Waals surface area contributed by atoms with Crippen LogP contribution in [0.1, 0.15) is 219 Å². The van der Waals surface area contributed by atoms with Crippen molar-refractivity contribution in [2.24, 2.45) is 10.1 Å². The molecule has 6 rings (SSSR count). The molecule has 0 radical (unpaired) electrons. The van der Waals surface area contributed by atoms with Crippen LogP contribution in [0.3, 0.4) is 0 Å². The van der Waals surface area contributed by atoms with Gasteiger partial charge in [0.1, 0.15) is 99.8 Å². The van der Waals surface area contributed by atoms with Crippen molar-refractivity contribution in [3.63, 3.8) is 0 Å². The summed E-state index contributed by atoms with van der Waals surface area (Å²) < 4.78 is 89.5. The number of hydrogen-bond donors (Lipinski definition) is 4. The van der Waals surface area contributed by atoms with Crippen LogP contribution in [-0.4, -0.2) is 165 Å². The average molecular weight is 1500 g/mol. The van der Waals surface area contributed by atoms with E-state index in [1.165, 1.54) is 76.8 Å². The minimum absolute atomic E-state index is 0.00934. The number of quaternary nitrogens is 1. The highest BCUT2D eigenvalue weighted by Gasteiger charge is 2.39. The number of aromatic nitrogens is 9. The Bertz CT molecular complexity index is 3190. The molecule has 2 unspecified atom stereocenters. The molecule has 4 N–H and O–H groups in total. The van der Waals surface area contributed by atoms with Crippen LogP contribution in [-0.2, 0) is 97.6 Å². The number of carbonyl (C=O) groups is 8. The van der Waals surface area contributed by atoms with E-state index in [2.05, 4.69) is 68.0 Å². The van der Waals surface area contributed by atoms with Gasteiger partial charge in [0, 0.05) is 54.9 Å². The highest BCUT2D eigenvalue weighted by Crippen LogP contribution is 2.29. The van der Waals surface area contributed by atoms with Gasteiger partial charge in [0.2, 0.25) is 6.34 Å². The maximum atomic E-state index is 14.1. The second kappa shape index (κ2) is 53.3. The predicted octanol–water partition coefficient (Wildman–Crippen LogP) is 7.86. The molecule has 30 nitrogen and oxygen atoms in total. The van der Waals surface area contributed by atoms with Crippen molar-refractivity contribution in [1.82, 2.24) is 44.3 Å². The third kappa shape index (κ3) is 40.7. The van der Waals surface area contributed by atoms with E-state index >= 15 is 0 Å². The number of rotatable bonds is 50. The topological polar surface area (TPSA) is 397 Å². The molecule has 0 saturated carbocycles. The molecule has 2 atom stereocenters. The Labute approximate surface area is 614 Å². The summed E-state index contributed by atoms with van der Waals surface area (Å²) in [4.78, 5) is 107. The monoisotopic (exact) mass is 1500 g/mol. The first-order valence-corrected chi connectivity index (χ1v) is 36.1. The molecular weight excluding hydrogens is 1400 g/mol. The Morgan fingerprint density at radius 1 is 0.462 bits per heavy atom. The highest BCUT2D eigenvalue weighted by atomic mass is 19.1. The Kier molecular flexibility index (Phi) is 45.7. The quantitative estimate of drug-likeness (QED) is 0.0124. The number of nitrogens with one attached hydrogen (secondary N) is 1. The Balaban J connectivity index is 0.000000370. The van der Waals surface area contributed by atoms with E-state index < -0.39 is 101 Å². The van der Waals surface area contributed by atoms with Crippen LogP contribution in [0, 0.1) is 23.3 Å². The minimum Gasteiger partial charge on any atom is -0.550 e. The van der Waals surface area contributed by atoms with E-state index in [9.17, 15) is 71.2 Å². The van der Waals surface area contributed by atoms with Crippen LogP contribution < -0.4 is 10.1 Å². The van der Waals surface area contributed by atoms with Crippen LogP contribution in [0.25, 0.3) is 0 Å². The molecule has 0 spiro atoms. The van der Waals surface area contributed by atoms with E-state index in [-0.39, 0.29) is 109 Å². The molecule has 0 amide bonds. The van der Waals surface area contributed by atoms with Gasteiger partial charge in [0.25, 0.3) is 0 Å². The van der Waals surface area contributed by atoms with E-state index in [1.54, 1.807) is 0 Å². The lowest BCUT2D eigenvalue weighted by atomic mass is 9.92. The van der Waals surface area contributed by atoms with E-state index in [0.717, 1.165) is 153 Å². The molecule has 0 saturated heterocycles. The number of hydrogen-bond acceptors (Lipinski definition) is 25. The van der Waals surface area contributed by atoms with Crippen molar-refractivity contribution < 1.29 is 110 Å². The van der Waals surface area contributed by atoms with Gasteiger partial charge in [-0.3, -0.25) is 33.6 Å². The first-order valence-electron chi connectivity index (χ1n) is 36.1. The normalized spacial score (nSPS) is 12.7. The van der Waals surface area contributed by atoms with Gasteiger partial charge in [-0.25, -0.2) is 46.6 Å². The fourth-order valence-electron chi connectivity index (χ4n) is 10.2. The van der Waals surface area contributed by atoms with Crippen LogP contribution in [0.15, 0.2) is 84.5 Å². The van der Waals surface area contributed by atoms with Crippen LogP contribution in [0.5, 0.6) is 0 Å². The Morgan fingerprint density at radius 3 is 1.10 bits per heavy atom. The largest absolute Gasteiger partial charge is 0.550 e. The van der Waals surface area contributed by atoms with Gasteiger partial charge in [0.15, 0.2) is 24.1 Å². The number of carbonyl (C=O) groups excluding carboxylic acids is 7. The van der Waals surface area contributed by atoms with Crippen LogP contribution in [0.4, 0.5) is 17.6 Å². The first kappa shape index (κ1) is 90.8. The van der Waals surface area contributed by atoms with Crippen molar-refractivity contribution in [1.29, 1.82) is 0 Å². The number of carboxylic acids is 2. The van der Waals surface area contributed by atoms with Crippen molar-refractivity contribution in [3.8, 4) is 0 Å². The van der Waals surface area contributed by atoms with Gasteiger partial charge in [-0.05, 0) is 50.3 Å². The fraction of sp³-hybridized carbons (Fsp3) is 0.611. The van der Waals surface area contributed by atoms with Crippen molar-refractivity contribution in [3.05, 3.63) is 109 Å². The lowest BCUT2D eigenvalue weighted by Crippen LogP contribution is -3.07. The summed E-state index contributed by atoms with van der Waals surface area (Å²) in [5.74, 6) is -8.71. The van der Waals surface area contributed by atoms with Crippen LogP contribution in [0.2, 0.25) is 0 Å². The number of halogens is 4. The zero-order chi connectivity index (χ0) is 77.8. The molecule has 0 aliphatic carbocycles. The lowest BCUT2D eigenvalue weighted by Gasteiger charge is -2.28. The molecule has 4 heterocycles. The second-order valence-electron chi connectivity index (χ2n) is 25.2. The molecule has 0 bridgehead atoms. The SMILES string of the molecule is CCCCCCCC(=O)OCC(COC(=O)CCCCCCC)OC(=O)CCC(=O)O.CCCCCCCC(=O)OCC(COC(=O)CCCCCCC)OC(=O)CCC(=O)[O-].OC(Cn1cncn1)(C[NH+]1C=NC=N1)c1ccc(F)cc1F.OC(Cn1cncn1)(Cn1cncn1)c1ccc(F)cc1F. The molecule has 1 aliphatic heterocycles. The summed E-state index contributed by atoms with van der Waals surface area (Å²) >= 11 is 0. The maximum absolute atomic E-state index is 14.1. The molecule has 2 aromatic carbocycles. The van der Waals surface area contributed by atoms with Gasteiger partial charge in [-0.15, -0.1) is 0 Å². The van der Waals surface area contributed by atoms with Gasteiger partial charge in [0.05, 0.1) is 38.9 Å². The first-order chi connectivity index (χ1) is 50.9. The third-order valence-corrected chi connectivity index (χ3v) is 15.9. The van der Waals surface area contributed by atoms with Gasteiger partial charge >= 0.3 is 41.8 Å². The zero-order valence-electron chi connectivity index (χ0n) is 61.1. The molecule has 0 fully saturated rings. The standard InChI is InChI=1S/2C23H40O8.2C13H12F2N6O/c2*1-3-5-7-9-11-13-21(26)29-17-19(31-23(28)16-15-20(24)25)18-30-22(27)14-12-10-8-6-4-2;2*14-10-1-2-11(12(15)3-10)13(22,4-20-8-16-6-18-20)5-21-9-17-7-19-21/h2*19H,3-18H2,1-2H3,(H,24,25);2*1-3,6-9,22H,4-5H2. The molecule has 34 heteroatoms. The number of ether oxygens (including phenoxy) is 6. The summed E-state index contributed by atoms with van der Waals surface area (Å²) in [6, 6.07) is 6.07. The maximum Gasteiger partial charge on any atom is 0.306 e. The molecule has 106 heavy (non-hydrogen) atoms. The molecule has 5 aromatic rings. The highest BCUT2D eigenvalue weighted by molar-refractivity contribution is 5.77. The number of aliphatic hydroxyl groups is 2. The summed E-state index contributed by atoms with van der Waals surface area (Å²) in [6.45, 7) is 7.33. The third-order valence-electron chi connectivity index (χ3n) is 15.9. The Hall–Kier alpha value is -9.44. The molecule has 588 valence electrons. The summed E-state index contributed by atoms with van der Waals surface area (Å²) in [7, 11) is 0. The molecule has 1 aliphatic rings. The van der Waals surface area contributed by atoms with Gasteiger partial charge in [-0.2, -0.15) is 25.3 Å². The van der Waals surface area contributed by atoms with Gasteiger partial charge in [-0.1, -0.05) is 142 Å².